The van der Waals surface area contributed by atoms with Gasteiger partial charge in [-0.25, -0.2) is 0 Å². The lowest BCUT2D eigenvalue weighted by atomic mass is 10.2. The van der Waals surface area contributed by atoms with E-state index in [-0.39, 0.29) is 0 Å². The smallest absolute Gasteiger partial charge is 0.151 e. The fourth-order valence-corrected chi connectivity index (χ4v) is 1.95. The third-order valence-electron chi connectivity index (χ3n) is 2.25. The molecule has 3 heteroatoms. The van der Waals surface area contributed by atoms with Crippen LogP contribution in [0.2, 0.25) is 0 Å². The molecule has 0 radical (unpaired) electrons. The van der Waals surface area contributed by atoms with Crippen molar-refractivity contribution in [1.82, 2.24) is 0 Å². The Hall–Kier alpha value is -1.27. The van der Waals surface area contributed by atoms with E-state index in [2.05, 4.69) is 33.7 Å². The number of anilines is 1. The van der Waals surface area contributed by atoms with Gasteiger partial charge in [-0.3, -0.25) is 4.79 Å². The van der Waals surface area contributed by atoms with E-state index in [1.807, 2.05) is 12.1 Å². The van der Waals surface area contributed by atoms with Crippen molar-refractivity contribution in [3.05, 3.63) is 28.2 Å². The second-order valence-electron chi connectivity index (χ2n) is 3.45. The lowest BCUT2D eigenvalue weighted by molar-refractivity contribution is 0.112. The Morgan fingerprint density at radius 3 is 2.81 bits per heavy atom. The van der Waals surface area contributed by atoms with E-state index in [9.17, 15) is 4.79 Å². The molecule has 0 N–H and O–H groups in total. The summed E-state index contributed by atoms with van der Waals surface area (Å²) in [5.41, 5.74) is 1.69. The zero-order valence-corrected chi connectivity index (χ0v) is 10.8. The van der Waals surface area contributed by atoms with E-state index in [1.54, 1.807) is 6.07 Å². The van der Waals surface area contributed by atoms with E-state index in [0.29, 0.717) is 12.1 Å². The summed E-state index contributed by atoms with van der Waals surface area (Å²) in [5, 5.41) is 0. The molecule has 84 valence electrons. The van der Waals surface area contributed by atoms with E-state index in [1.165, 1.54) is 0 Å². The Morgan fingerprint density at radius 2 is 2.31 bits per heavy atom. The molecule has 1 rings (SSSR count). The lowest BCUT2D eigenvalue weighted by Gasteiger charge is -2.22. The van der Waals surface area contributed by atoms with E-state index >= 15 is 0 Å². The van der Waals surface area contributed by atoms with E-state index < -0.39 is 0 Å². The highest BCUT2D eigenvalue weighted by Gasteiger charge is 2.06. The number of nitrogens with zero attached hydrogens (tertiary/aromatic N) is 1. The standard InChI is InChI=1S/C13H14BrNO/c1-3-7-15(8-4-2)12-6-5-11(10-16)13(14)9-12/h1,5-6,9-10H,4,7-8H2,2H3. The first kappa shape index (κ1) is 12.8. The molecule has 1 aromatic rings. The number of halogens is 1. The zero-order valence-electron chi connectivity index (χ0n) is 9.24. The van der Waals surface area contributed by atoms with Crippen molar-refractivity contribution >= 4 is 27.9 Å². The summed E-state index contributed by atoms with van der Waals surface area (Å²) >= 11 is 3.37. The van der Waals surface area contributed by atoms with Crippen molar-refractivity contribution < 1.29 is 4.79 Å². The molecule has 0 aromatic heterocycles. The van der Waals surface area contributed by atoms with Crippen LogP contribution in [0.4, 0.5) is 5.69 Å². The van der Waals surface area contributed by atoms with Crippen LogP contribution in [0.15, 0.2) is 22.7 Å². The maximum atomic E-state index is 10.7. The van der Waals surface area contributed by atoms with Gasteiger partial charge < -0.3 is 4.90 Å². The number of hydrogen-bond donors (Lipinski definition) is 0. The van der Waals surface area contributed by atoms with Crippen LogP contribution in [0.25, 0.3) is 0 Å². The Kier molecular flexibility index (Phi) is 5.07. The number of rotatable bonds is 5. The number of benzene rings is 1. The summed E-state index contributed by atoms with van der Waals surface area (Å²) in [5.74, 6) is 2.64. The molecule has 0 aliphatic rings. The Morgan fingerprint density at radius 1 is 1.56 bits per heavy atom. The molecular formula is C13H14BrNO. The molecule has 0 unspecified atom stereocenters. The SMILES string of the molecule is C#CCN(CCC)c1ccc(C=O)c(Br)c1. The minimum absolute atomic E-state index is 0.584. The van der Waals surface area contributed by atoms with Crippen molar-refractivity contribution in [1.29, 1.82) is 0 Å². The van der Waals surface area contributed by atoms with Crippen molar-refractivity contribution in [2.45, 2.75) is 13.3 Å². The van der Waals surface area contributed by atoms with Gasteiger partial charge in [-0.15, -0.1) is 6.42 Å². The van der Waals surface area contributed by atoms with E-state index in [0.717, 1.165) is 29.4 Å². The lowest BCUT2D eigenvalue weighted by Crippen LogP contribution is -2.24. The Bertz CT molecular complexity index is 409. The van der Waals surface area contributed by atoms with Gasteiger partial charge in [0.1, 0.15) is 0 Å². The molecule has 0 fully saturated rings. The average molecular weight is 280 g/mol. The molecule has 0 amide bonds. The van der Waals surface area contributed by atoms with Crippen LogP contribution >= 0.6 is 15.9 Å². The summed E-state index contributed by atoms with van der Waals surface area (Å²) in [6, 6.07) is 5.64. The minimum atomic E-state index is 0.584. The highest BCUT2D eigenvalue weighted by Crippen LogP contribution is 2.23. The molecule has 1 aromatic carbocycles. The molecule has 0 spiro atoms. The van der Waals surface area contributed by atoms with Gasteiger partial charge in [-0.1, -0.05) is 12.8 Å². The van der Waals surface area contributed by atoms with Gasteiger partial charge in [0.25, 0.3) is 0 Å². The predicted octanol–water partition coefficient (Wildman–Crippen LogP) is 3.11. The maximum absolute atomic E-state index is 10.7. The first-order chi connectivity index (χ1) is 7.72. The molecule has 0 heterocycles. The van der Waals surface area contributed by atoms with Gasteiger partial charge in [-0.2, -0.15) is 0 Å². The number of carbonyl (C=O) groups excluding carboxylic acids is 1. The van der Waals surface area contributed by atoms with Crippen LogP contribution in [0.1, 0.15) is 23.7 Å². The Balaban J connectivity index is 2.97. The van der Waals surface area contributed by atoms with Gasteiger partial charge in [0.05, 0.1) is 6.54 Å². The highest BCUT2D eigenvalue weighted by molar-refractivity contribution is 9.10. The van der Waals surface area contributed by atoms with Gasteiger partial charge in [0.2, 0.25) is 0 Å². The second kappa shape index (κ2) is 6.34. The minimum Gasteiger partial charge on any atom is -0.360 e. The third-order valence-corrected chi connectivity index (χ3v) is 2.94. The van der Waals surface area contributed by atoms with Crippen molar-refractivity contribution in [3.8, 4) is 12.3 Å². The molecule has 2 nitrogen and oxygen atoms in total. The van der Waals surface area contributed by atoms with Crippen LogP contribution in [-0.4, -0.2) is 19.4 Å². The fraction of sp³-hybridized carbons (Fsp3) is 0.308. The average Bonchev–Trinajstić information content (AvgIpc) is 2.28. The quantitative estimate of drug-likeness (QED) is 0.610. The molecule has 0 atom stereocenters. The molecule has 0 saturated carbocycles. The van der Waals surface area contributed by atoms with Crippen molar-refractivity contribution in [2.75, 3.05) is 18.0 Å². The molecular weight excluding hydrogens is 266 g/mol. The summed E-state index contributed by atoms with van der Waals surface area (Å²) < 4.78 is 0.804. The van der Waals surface area contributed by atoms with Gasteiger partial charge in [-0.05, 0) is 40.5 Å². The summed E-state index contributed by atoms with van der Waals surface area (Å²) in [4.78, 5) is 12.8. The predicted molar refractivity (Wildman–Crippen MR) is 70.9 cm³/mol. The number of hydrogen-bond acceptors (Lipinski definition) is 2. The summed E-state index contributed by atoms with van der Waals surface area (Å²) in [6.07, 6.45) is 7.20. The fourth-order valence-electron chi connectivity index (χ4n) is 1.49. The first-order valence-corrected chi connectivity index (χ1v) is 5.95. The largest absolute Gasteiger partial charge is 0.360 e. The van der Waals surface area contributed by atoms with Crippen LogP contribution in [0.3, 0.4) is 0 Å². The zero-order chi connectivity index (χ0) is 12.0. The van der Waals surface area contributed by atoms with E-state index in [4.69, 9.17) is 6.42 Å². The van der Waals surface area contributed by atoms with Crippen LogP contribution in [-0.2, 0) is 0 Å². The number of carbonyl (C=O) groups is 1. The third kappa shape index (κ3) is 3.11. The molecule has 16 heavy (non-hydrogen) atoms. The Labute approximate surface area is 105 Å². The molecule has 0 aliphatic heterocycles. The molecule has 0 saturated heterocycles. The monoisotopic (exact) mass is 279 g/mol. The van der Waals surface area contributed by atoms with Gasteiger partial charge in [0.15, 0.2) is 6.29 Å². The number of terminal acetylenes is 1. The van der Waals surface area contributed by atoms with Crippen LogP contribution in [0, 0.1) is 12.3 Å². The number of aldehydes is 1. The van der Waals surface area contributed by atoms with Gasteiger partial charge in [0, 0.05) is 22.3 Å². The van der Waals surface area contributed by atoms with Crippen LogP contribution in [0.5, 0.6) is 0 Å². The highest BCUT2D eigenvalue weighted by atomic mass is 79.9. The molecule has 0 aliphatic carbocycles. The first-order valence-electron chi connectivity index (χ1n) is 5.16. The maximum Gasteiger partial charge on any atom is 0.151 e. The summed E-state index contributed by atoms with van der Waals surface area (Å²) in [7, 11) is 0. The summed E-state index contributed by atoms with van der Waals surface area (Å²) in [6.45, 7) is 3.61. The van der Waals surface area contributed by atoms with Crippen LogP contribution < -0.4 is 4.90 Å². The van der Waals surface area contributed by atoms with Crippen molar-refractivity contribution in [3.63, 3.8) is 0 Å². The van der Waals surface area contributed by atoms with Gasteiger partial charge >= 0.3 is 0 Å². The topological polar surface area (TPSA) is 20.3 Å². The normalized spacial score (nSPS) is 9.56. The second-order valence-corrected chi connectivity index (χ2v) is 4.30. The molecule has 0 bridgehead atoms. The van der Waals surface area contributed by atoms with Crippen molar-refractivity contribution in [2.24, 2.45) is 0 Å².